The summed E-state index contributed by atoms with van der Waals surface area (Å²) in [6, 6.07) is 5.21. The molecule has 0 spiro atoms. The number of rotatable bonds is 6. The number of hydrogen-bond donors (Lipinski definition) is 1. The molecule has 0 atom stereocenters. The summed E-state index contributed by atoms with van der Waals surface area (Å²) in [6.45, 7) is 2.35. The second-order valence-electron chi connectivity index (χ2n) is 7.73. The number of anilines is 1. The van der Waals surface area contributed by atoms with Crippen molar-refractivity contribution < 1.29 is 22.8 Å². The molecule has 0 saturated carbocycles. The summed E-state index contributed by atoms with van der Waals surface area (Å²) in [7, 11) is 0. The van der Waals surface area contributed by atoms with Crippen LogP contribution >= 0.6 is 0 Å². The van der Waals surface area contributed by atoms with E-state index in [4.69, 9.17) is 5.73 Å². The number of carbonyl (C=O) groups excluding carboxylic acids is 2. The van der Waals surface area contributed by atoms with Gasteiger partial charge in [-0.05, 0) is 12.5 Å². The molecule has 1 aromatic carbocycles. The molecule has 2 N–H and O–H groups in total. The molecule has 0 aliphatic carbocycles. The molecule has 9 nitrogen and oxygen atoms in total. The fraction of sp³-hybridized carbons (Fsp3) is 0.381. The van der Waals surface area contributed by atoms with Gasteiger partial charge in [0.15, 0.2) is 5.69 Å². The number of alkyl halides is 3. The predicted octanol–water partition coefficient (Wildman–Crippen LogP) is 2.07. The normalized spacial score (nSPS) is 14.6. The fourth-order valence-electron chi connectivity index (χ4n) is 3.77. The standard InChI is InChI=1S/C21H22F3N7O2/c22-21(23,24)16-11-27-17(12-26-16)29-7-9-30(10-8-29)18(32)5-2-6-31-13-14-3-1-4-15(20(25)33)19(14)28-31/h1,3-4,11-13H,2,5-10H2,(H2,25,33). The lowest BCUT2D eigenvalue weighted by atomic mass is 10.1. The van der Waals surface area contributed by atoms with E-state index in [1.54, 1.807) is 21.7 Å². The number of primary amides is 1. The number of piperazine rings is 1. The van der Waals surface area contributed by atoms with Gasteiger partial charge in [0.25, 0.3) is 5.91 Å². The lowest BCUT2D eigenvalue weighted by Crippen LogP contribution is -2.49. The van der Waals surface area contributed by atoms with E-state index in [0.717, 1.165) is 17.8 Å². The molecular formula is C21H22F3N7O2. The zero-order chi connectivity index (χ0) is 23.6. The van der Waals surface area contributed by atoms with E-state index < -0.39 is 17.8 Å². The number of nitrogens with zero attached hydrogens (tertiary/aromatic N) is 6. The van der Waals surface area contributed by atoms with E-state index in [2.05, 4.69) is 15.1 Å². The van der Waals surface area contributed by atoms with Crippen LogP contribution < -0.4 is 10.6 Å². The van der Waals surface area contributed by atoms with Gasteiger partial charge >= 0.3 is 6.18 Å². The van der Waals surface area contributed by atoms with Crippen LogP contribution in [0.25, 0.3) is 10.9 Å². The first kappa shape index (κ1) is 22.5. The quantitative estimate of drug-likeness (QED) is 0.602. The molecular weight excluding hydrogens is 439 g/mol. The van der Waals surface area contributed by atoms with Gasteiger partial charge in [-0.25, -0.2) is 9.97 Å². The molecule has 1 saturated heterocycles. The van der Waals surface area contributed by atoms with Gasteiger partial charge in [-0.3, -0.25) is 14.3 Å². The van der Waals surface area contributed by atoms with Crippen LogP contribution in [0.4, 0.5) is 19.0 Å². The Bertz CT molecular complexity index is 1150. The summed E-state index contributed by atoms with van der Waals surface area (Å²) in [5, 5.41) is 5.21. The highest BCUT2D eigenvalue weighted by molar-refractivity contribution is 6.04. The topological polar surface area (TPSA) is 110 Å². The third-order valence-corrected chi connectivity index (χ3v) is 5.51. The van der Waals surface area contributed by atoms with Gasteiger partial charge in [0.1, 0.15) is 11.3 Å². The Kier molecular flexibility index (Phi) is 6.16. The molecule has 1 fully saturated rings. The van der Waals surface area contributed by atoms with Crippen molar-refractivity contribution in [3.8, 4) is 0 Å². The van der Waals surface area contributed by atoms with Gasteiger partial charge in [-0.1, -0.05) is 12.1 Å². The summed E-state index contributed by atoms with van der Waals surface area (Å²) >= 11 is 0. The summed E-state index contributed by atoms with van der Waals surface area (Å²) in [5.41, 5.74) is 5.26. The van der Waals surface area contributed by atoms with Gasteiger partial charge in [0.2, 0.25) is 5.91 Å². The Morgan fingerprint density at radius 3 is 2.45 bits per heavy atom. The van der Waals surface area contributed by atoms with Crippen LogP contribution in [0.3, 0.4) is 0 Å². The highest BCUT2D eigenvalue weighted by Gasteiger charge is 2.33. The molecule has 33 heavy (non-hydrogen) atoms. The third kappa shape index (κ3) is 5.04. The van der Waals surface area contributed by atoms with Crippen molar-refractivity contribution in [2.75, 3.05) is 31.1 Å². The molecule has 2 aromatic heterocycles. The van der Waals surface area contributed by atoms with E-state index in [1.165, 1.54) is 0 Å². The Morgan fingerprint density at radius 2 is 1.82 bits per heavy atom. The maximum atomic E-state index is 12.6. The third-order valence-electron chi connectivity index (χ3n) is 5.51. The summed E-state index contributed by atoms with van der Waals surface area (Å²) in [6.07, 6.45) is 0.0258. The van der Waals surface area contributed by atoms with Crippen LogP contribution in [-0.4, -0.2) is 62.6 Å². The summed E-state index contributed by atoms with van der Waals surface area (Å²) < 4.78 is 39.6. The van der Waals surface area contributed by atoms with Crippen molar-refractivity contribution in [3.63, 3.8) is 0 Å². The van der Waals surface area contributed by atoms with Crippen LogP contribution in [-0.2, 0) is 17.5 Å². The smallest absolute Gasteiger partial charge is 0.366 e. The maximum absolute atomic E-state index is 12.6. The van der Waals surface area contributed by atoms with E-state index in [0.29, 0.717) is 62.5 Å². The van der Waals surface area contributed by atoms with Crippen molar-refractivity contribution in [2.45, 2.75) is 25.6 Å². The molecule has 3 aromatic rings. The number of fused-ring (bicyclic) bond motifs is 1. The van der Waals surface area contributed by atoms with Gasteiger partial charge in [-0.2, -0.15) is 18.3 Å². The highest BCUT2D eigenvalue weighted by atomic mass is 19.4. The molecule has 1 aliphatic heterocycles. The monoisotopic (exact) mass is 461 g/mol. The number of aromatic nitrogens is 4. The number of nitrogens with two attached hydrogens (primary N) is 1. The number of halogens is 3. The van der Waals surface area contributed by atoms with E-state index >= 15 is 0 Å². The van der Waals surface area contributed by atoms with Crippen LogP contribution in [0.1, 0.15) is 28.9 Å². The number of hydrogen-bond acceptors (Lipinski definition) is 6. The molecule has 12 heteroatoms. The highest BCUT2D eigenvalue weighted by Crippen LogP contribution is 2.27. The summed E-state index contributed by atoms with van der Waals surface area (Å²) in [5.74, 6) is -0.179. The number of amides is 2. The fourth-order valence-corrected chi connectivity index (χ4v) is 3.77. The first-order chi connectivity index (χ1) is 15.7. The Hall–Kier alpha value is -3.70. The second kappa shape index (κ2) is 9.04. The number of carbonyl (C=O) groups is 2. The predicted molar refractivity (Wildman–Crippen MR) is 113 cm³/mol. The van der Waals surface area contributed by atoms with Crippen LogP contribution in [0.15, 0.2) is 36.8 Å². The van der Waals surface area contributed by atoms with Gasteiger partial charge in [0.05, 0.1) is 18.0 Å². The average Bonchev–Trinajstić information content (AvgIpc) is 3.21. The first-order valence-corrected chi connectivity index (χ1v) is 10.4. The van der Waals surface area contributed by atoms with Crippen molar-refractivity contribution in [1.29, 1.82) is 0 Å². The molecule has 0 bridgehead atoms. The molecule has 1 aliphatic rings. The minimum atomic E-state index is -4.52. The molecule has 0 unspecified atom stereocenters. The molecule has 4 rings (SSSR count). The maximum Gasteiger partial charge on any atom is 0.434 e. The zero-order valence-corrected chi connectivity index (χ0v) is 17.6. The Balaban J connectivity index is 1.26. The van der Waals surface area contributed by atoms with Gasteiger partial charge in [0, 0.05) is 50.7 Å². The van der Waals surface area contributed by atoms with E-state index in [9.17, 15) is 22.8 Å². The van der Waals surface area contributed by atoms with Crippen molar-refractivity contribution in [3.05, 3.63) is 48.0 Å². The van der Waals surface area contributed by atoms with Crippen molar-refractivity contribution >= 4 is 28.5 Å². The van der Waals surface area contributed by atoms with E-state index in [-0.39, 0.29) is 5.91 Å². The molecule has 0 radical (unpaired) electrons. The zero-order valence-electron chi connectivity index (χ0n) is 17.6. The number of benzene rings is 1. The Labute approximate surface area is 187 Å². The molecule has 2 amide bonds. The lowest BCUT2D eigenvalue weighted by molar-refractivity contribution is -0.141. The molecule has 174 valence electrons. The van der Waals surface area contributed by atoms with Gasteiger partial charge < -0.3 is 15.5 Å². The van der Waals surface area contributed by atoms with Gasteiger partial charge in [-0.15, -0.1) is 0 Å². The van der Waals surface area contributed by atoms with Crippen LogP contribution in [0.5, 0.6) is 0 Å². The van der Waals surface area contributed by atoms with Crippen LogP contribution in [0, 0.1) is 0 Å². The minimum Gasteiger partial charge on any atom is -0.366 e. The molecule has 3 heterocycles. The first-order valence-electron chi connectivity index (χ1n) is 10.4. The second-order valence-corrected chi connectivity index (χ2v) is 7.73. The lowest BCUT2D eigenvalue weighted by Gasteiger charge is -2.35. The largest absolute Gasteiger partial charge is 0.434 e. The average molecular weight is 461 g/mol. The van der Waals surface area contributed by atoms with E-state index in [1.807, 2.05) is 17.2 Å². The van der Waals surface area contributed by atoms with Crippen molar-refractivity contribution in [1.82, 2.24) is 24.6 Å². The number of aryl methyl sites for hydroxylation is 1. The summed E-state index contributed by atoms with van der Waals surface area (Å²) in [4.78, 5) is 34.9. The SMILES string of the molecule is NC(=O)c1cccc2cn(CCCC(=O)N3CCN(c4cnc(C(F)(F)F)cn4)CC3)nc12. The van der Waals surface area contributed by atoms with Crippen LogP contribution in [0.2, 0.25) is 0 Å². The Morgan fingerprint density at radius 1 is 1.06 bits per heavy atom. The minimum absolute atomic E-state index is 0.00249. The van der Waals surface area contributed by atoms with Crippen molar-refractivity contribution in [2.24, 2.45) is 5.73 Å².